The van der Waals surface area contributed by atoms with Crippen LogP contribution in [0.15, 0.2) is 36.5 Å². The van der Waals surface area contributed by atoms with Crippen LogP contribution in [0.4, 0.5) is 19.3 Å². The number of alkyl halides is 2. The normalized spacial score (nSPS) is 29.7. The first kappa shape index (κ1) is 42.4. The van der Waals surface area contributed by atoms with Crippen LogP contribution in [-0.2, 0) is 29.1 Å². The second kappa shape index (κ2) is 15.7. The van der Waals surface area contributed by atoms with Crippen LogP contribution >= 0.6 is 0 Å². The minimum Gasteiger partial charge on any atom is -0.489 e. The molecule has 5 aliphatic rings. The number of alkyl carbamates (subject to hydrolysis) is 1. The zero-order chi connectivity index (χ0) is 42.7. The fraction of sp³-hybridized carbons (Fsp3) is 0.634. The molecule has 2 aromatic rings. The molecule has 322 valence electrons. The van der Waals surface area contributed by atoms with Crippen LogP contribution in [0.25, 0.3) is 10.8 Å². The van der Waals surface area contributed by atoms with Crippen LogP contribution in [0.1, 0.15) is 79.6 Å². The number of ether oxygens (including phenoxy) is 3. The SMILES string of the molecule is C[C@@H]1CC/C=C\[C@@H]2C[C@@]2(C(=O)NS(=O)(=O)C2CC2)NC(=O)[C@@H]2C[C@@H](Oc3nccc4c5c(ccc34)N(C)CCO5)CN2C(=O)[C@@H](NC(=O)OC(C)(C)C(C)(F)F)[C@H](C)C1. The molecule has 7 atom stereocenters. The second-order valence-corrected chi connectivity index (χ2v) is 19.5. The van der Waals surface area contributed by atoms with Crippen molar-refractivity contribution in [3.63, 3.8) is 0 Å². The Labute approximate surface area is 343 Å². The topological polar surface area (TPSA) is 186 Å². The summed E-state index contributed by atoms with van der Waals surface area (Å²) in [5.74, 6) is -5.78. The molecule has 59 heavy (non-hydrogen) atoms. The lowest BCUT2D eigenvalue weighted by Gasteiger charge is -2.35. The molecule has 1 saturated heterocycles. The number of nitrogens with one attached hydrogen (secondary N) is 3. The molecule has 15 nitrogen and oxygen atoms in total. The van der Waals surface area contributed by atoms with Gasteiger partial charge in [-0.2, -0.15) is 0 Å². The third-order valence-electron chi connectivity index (χ3n) is 12.5. The standard InChI is InChI=1S/C41H54F2N6O9S/c1-23-9-7-8-10-25-21-41(25,37(52)47-59(54,55)27-11-12-27)46-34(50)31-20-26(57-35-29-13-14-30-33(28(29)15-16-44-35)56-18-17-48(30)6)22-49(31)36(51)32(24(2)19-23)45-38(53)58-39(3,4)40(5,42)43/h8,10,13-16,23-27,31-32H,7,9,11-12,17-22H2,1-6H3,(H,45,53)(H,46,50)(H,47,52)/b10-8-/t23-,24-,25-,26-,31+,32+,41-/m1/s1. The van der Waals surface area contributed by atoms with Gasteiger partial charge in [-0.25, -0.2) is 27.0 Å². The van der Waals surface area contributed by atoms with E-state index >= 15 is 0 Å². The van der Waals surface area contributed by atoms with Gasteiger partial charge in [0.1, 0.15) is 30.3 Å². The summed E-state index contributed by atoms with van der Waals surface area (Å²) in [5, 5.41) is 6.12. The lowest BCUT2D eigenvalue weighted by Crippen LogP contribution is -2.59. The molecule has 1 aromatic heterocycles. The van der Waals surface area contributed by atoms with Crippen molar-refractivity contribution in [3.8, 4) is 11.6 Å². The van der Waals surface area contributed by atoms with E-state index in [2.05, 4.69) is 25.2 Å². The third kappa shape index (κ3) is 8.64. The number of hydrogen-bond donors (Lipinski definition) is 3. The molecular formula is C41H54F2N6O9S. The first-order chi connectivity index (χ1) is 27.7. The molecule has 18 heteroatoms. The molecule has 1 aromatic carbocycles. The molecule has 0 spiro atoms. The van der Waals surface area contributed by atoms with E-state index in [4.69, 9.17) is 14.2 Å². The van der Waals surface area contributed by atoms with Crippen LogP contribution in [-0.4, -0.2) is 109 Å². The fourth-order valence-corrected chi connectivity index (χ4v) is 9.64. The molecular weight excluding hydrogens is 791 g/mol. The number of aromatic nitrogens is 1. The molecule has 4 amide bonds. The number of rotatable bonds is 8. The highest BCUT2D eigenvalue weighted by molar-refractivity contribution is 7.91. The van der Waals surface area contributed by atoms with Gasteiger partial charge in [0.05, 0.1) is 24.0 Å². The van der Waals surface area contributed by atoms with Gasteiger partial charge in [0, 0.05) is 43.3 Å². The Balaban J connectivity index is 1.23. The van der Waals surface area contributed by atoms with E-state index < -0.39 is 86.2 Å². The predicted molar refractivity (Wildman–Crippen MR) is 214 cm³/mol. The Morgan fingerprint density at radius 2 is 1.81 bits per heavy atom. The smallest absolute Gasteiger partial charge is 0.408 e. The molecule has 3 fully saturated rings. The van der Waals surface area contributed by atoms with E-state index in [-0.39, 0.29) is 31.2 Å². The molecule has 0 radical (unpaired) electrons. The van der Waals surface area contributed by atoms with Crippen LogP contribution in [0, 0.1) is 17.8 Å². The quantitative estimate of drug-likeness (QED) is 0.320. The third-order valence-corrected chi connectivity index (χ3v) is 14.3. The van der Waals surface area contributed by atoms with E-state index in [0.29, 0.717) is 63.3 Å². The summed E-state index contributed by atoms with van der Waals surface area (Å²) < 4.78 is 74.6. The summed E-state index contributed by atoms with van der Waals surface area (Å²) in [6, 6.07) is 3.02. The van der Waals surface area contributed by atoms with Gasteiger partial charge in [-0.3, -0.25) is 19.1 Å². The first-order valence-electron chi connectivity index (χ1n) is 20.4. The first-order valence-corrected chi connectivity index (χ1v) is 21.9. The Bertz CT molecular complexity index is 2140. The van der Waals surface area contributed by atoms with Crippen LogP contribution < -0.4 is 29.7 Å². The number of halogens is 2. The maximum absolute atomic E-state index is 14.9. The summed E-state index contributed by atoms with van der Waals surface area (Å²) in [6.45, 7) is 7.58. The van der Waals surface area contributed by atoms with E-state index in [0.717, 1.165) is 24.9 Å². The highest BCUT2D eigenvalue weighted by atomic mass is 32.2. The minimum atomic E-state index is -3.96. The number of amides is 4. The van der Waals surface area contributed by atoms with Gasteiger partial charge in [0.15, 0.2) is 11.4 Å². The van der Waals surface area contributed by atoms with Crippen molar-refractivity contribution in [3.05, 3.63) is 36.5 Å². The number of sulfonamides is 1. The Morgan fingerprint density at radius 1 is 1.07 bits per heavy atom. The number of allylic oxidation sites excluding steroid dienone is 1. The molecule has 2 saturated carbocycles. The number of anilines is 1. The van der Waals surface area contributed by atoms with Crippen molar-refractivity contribution in [1.29, 1.82) is 0 Å². The van der Waals surface area contributed by atoms with E-state index in [1.165, 1.54) is 4.90 Å². The van der Waals surface area contributed by atoms with E-state index in [9.17, 15) is 36.4 Å². The maximum Gasteiger partial charge on any atom is 0.408 e. The lowest BCUT2D eigenvalue weighted by molar-refractivity contribution is -0.152. The van der Waals surface area contributed by atoms with Crippen LogP contribution in [0.3, 0.4) is 0 Å². The molecule has 7 rings (SSSR count). The molecule has 3 aliphatic heterocycles. The number of benzene rings is 1. The summed E-state index contributed by atoms with van der Waals surface area (Å²) in [7, 11) is -1.99. The summed E-state index contributed by atoms with van der Waals surface area (Å²) >= 11 is 0. The molecule has 4 heterocycles. The number of likely N-dealkylation sites (N-methyl/N-ethyl adjacent to an activating group) is 1. The molecule has 2 aliphatic carbocycles. The summed E-state index contributed by atoms with van der Waals surface area (Å²) in [4.78, 5) is 64.5. The maximum atomic E-state index is 14.9. The Hall–Kier alpha value is -4.74. The van der Waals surface area contributed by atoms with E-state index in [1.807, 2.05) is 44.3 Å². The number of fused-ring (bicyclic) bond motifs is 5. The molecule has 0 unspecified atom stereocenters. The fourth-order valence-electron chi connectivity index (χ4n) is 8.27. The number of carbonyl (C=O) groups is 4. The van der Waals surface area contributed by atoms with Crippen molar-refractivity contribution in [1.82, 2.24) is 25.2 Å². The van der Waals surface area contributed by atoms with Gasteiger partial charge in [0.2, 0.25) is 27.7 Å². The van der Waals surface area contributed by atoms with E-state index in [1.54, 1.807) is 13.1 Å². The Morgan fingerprint density at radius 3 is 2.53 bits per heavy atom. The van der Waals surface area contributed by atoms with Gasteiger partial charge < -0.3 is 34.6 Å². The average molecular weight is 845 g/mol. The number of carbonyl (C=O) groups excluding carboxylic acids is 4. The number of pyridine rings is 1. The monoisotopic (exact) mass is 844 g/mol. The van der Waals surface area contributed by atoms with Crippen LogP contribution in [0.2, 0.25) is 0 Å². The van der Waals surface area contributed by atoms with Gasteiger partial charge in [-0.1, -0.05) is 26.0 Å². The highest BCUT2D eigenvalue weighted by Crippen LogP contribution is 2.46. The molecule has 3 N–H and O–H groups in total. The largest absolute Gasteiger partial charge is 0.489 e. The van der Waals surface area contributed by atoms with Crippen molar-refractivity contribution in [2.24, 2.45) is 17.8 Å². The average Bonchev–Trinajstić information content (AvgIpc) is 4.08. The number of nitrogens with zero attached hydrogens (tertiary/aromatic N) is 3. The van der Waals surface area contributed by atoms with Crippen LogP contribution in [0.5, 0.6) is 11.6 Å². The summed E-state index contributed by atoms with van der Waals surface area (Å²) in [6.07, 6.45) is 5.90. The Kier molecular flexibility index (Phi) is 11.3. The minimum absolute atomic E-state index is 0.0254. The number of hydrogen-bond acceptors (Lipinski definition) is 11. The van der Waals surface area contributed by atoms with Gasteiger partial charge in [-0.05, 0) is 82.4 Å². The van der Waals surface area contributed by atoms with Gasteiger partial charge >= 0.3 is 6.09 Å². The summed E-state index contributed by atoms with van der Waals surface area (Å²) in [5.41, 5.74) is -2.91. The van der Waals surface area contributed by atoms with Crippen molar-refractivity contribution in [2.75, 3.05) is 31.6 Å². The zero-order valence-corrected chi connectivity index (χ0v) is 35.1. The van der Waals surface area contributed by atoms with Crippen molar-refractivity contribution in [2.45, 2.75) is 120 Å². The highest BCUT2D eigenvalue weighted by Gasteiger charge is 2.62. The predicted octanol–water partition coefficient (Wildman–Crippen LogP) is 4.44. The van der Waals surface area contributed by atoms with Gasteiger partial charge in [-0.15, -0.1) is 0 Å². The zero-order valence-electron chi connectivity index (χ0n) is 34.3. The molecule has 0 bridgehead atoms. The second-order valence-electron chi connectivity index (χ2n) is 17.6. The van der Waals surface area contributed by atoms with Gasteiger partial charge in [0.25, 0.3) is 11.8 Å². The van der Waals surface area contributed by atoms with Crippen molar-refractivity contribution >= 4 is 50.3 Å². The van der Waals surface area contributed by atoms with Crippen molar-refractivity contribution < 1.29 is 50.6 Å². The lowest BCUT2D eigenvalue weighted by atomic mass is 9.88.